The van der Waals surface area contributed by atoms with Crippen molar-refractivity contribution in [2.24, 2.45) is 0 Å². The van der Waals surface area contributed by atoms with Gasteiger partial charge in [-0.2, -0.15) is 4.57 Å². The Balaban J connectivity index is 2.59. The van der Waals surface area contributed by atoms with E-state index in [0.717, 1.165) is 13.8 Å². The van der Waals surface area contributed by atoms with E-state index in [2.05, 4.69) is 0 Å². The Morgan fingerprint density at radius 2 is 1.42 bits per heavy atom. The predicted molar refractivity (Wildman–Crippen MR) is 121 cm³/mol. The van der Waals surface area contributed by atoms with E-state index in [1.54, 1.807) is 23.2 Å². The van der Waals surface area contributed by atoms with Gasteiger partial charge in [0.05, 0.1) is 0 Å². The third kappa shape index (κ3) is 7.48. The van der Waals surface area contributed by atoms with Gasteiger partial charge in [0.2, 0.25) is 6.10 Å². The Labute approximate surface area is 209 Å². The number of aromatic nitrogens is 1. The van der Waals surface area contributed by atoms with Crippen molar-refractivity contribution in [2.45, 2.75) is 72.2 Å². The molecule has 0 radical (unpaired) electrons. The van der Waals surface area contributed by atoms with Crippen LogP contribution in [0.3, 0.4) is 0 Å². The van der Waals surface area contributed by atoms with E-state index in [-0.39, 0.29) is 12.5 Å². The van der Waals surface area contributed by atoms with Crippen molar-refractivity contribution in [1.82, 2.24) is 4.90 Å². The molecule has 0 saturated carbocycles. The number of hydrogen-bond acceptors (Lipinski definition) is 10. The average Bonchev–Trinajstić information content (AvgIpc) is 2.80. The fraction of sp³-hybridized carbons (Fsp3) is 0.583. The Morgan fingerprint density at radius 1 is 0.861 bits per heavy atom. The first kappa shape index (κ1) is 28.7. The maximum atomic E-state index is 12.9. The van der Waals surface area contributed by atoms with Crippen molar-refractivity contribution in [3.8, 4) is 0 Å². The molecule has 1 saturated heterocycles. The lowest BCUT2D eigenvalue weighted by Crippen LogP contribution is -2.65. The summed E-state index contributed by atoms with van der Waals surface area (Å²) in [6.45, 7) is 9.05. The lowest BCUT2D eigenvalue weighted by atomic mass is 9.97. The van der Waals surface area contributed by atoms with E-state index in [1.807, 2.05) is 13.8 Å². The molecule has 1 aromatic rings. The van der Waals surface area contributed by atoms with Gasteiger partial charge in [0.25, 0.3) is 5.91 Å². The molecule has 12 nitrogen and oxygen atoms in total. The van der Waals surface area contributed by atoms with Crippen LogP contribution in [0.15, 0.2) is 24.5 Å². The van der Waals surface area contributed by atoms with Crippen LogP contribution in [0.2, 0.25) is 0 Å². The van der Waals surface area contributed by atoms with Gasteiger partial charge in [-0.1, -0.05) is 0 Å². The summed E-state index contributed by atoms with van der Waals surface area (Å²) in [5, 5.41) is 0. The highest BCUT2D eigenvalue weighted by Crippen LogP contribution is 2.32. The van der Waals surface area contributed by atoms with E-state index in [0.29, 0.717) is 18.7 Å². The fourth-order valence-electron chi connectivity index (χ4n) is 3.92. The van der Waals surface area contributed by atoms with Crippen LogP contribution in [0.5, 0.6) is 0 Å². The van der Waals surface area contributed by atoms with Gasteiger partial charge in [-0.15, -0.1) is 0 Å². The Bertz CT molecular complexity index is 977. The molecule has 12 heteroatoms. The molecule has 0 N–H and O–H groups in total. The Kier molecular flexibility index (Phi) is 10.3. The topological polar surface area (TPSA) is 139 Å². The van der Waals surface area contributed by atoms with Crippen LogP contribution < -0.4 is 4.57 Å². The molecule has 0 aliphatic carbocycles. The van der Waals surface area contributed by atoms with Gasteiger partial charge in [0.1, 0.15) is 18.3 Å². The molecular formula is C24H33N2O10+. The summed E-state index contributed by atoms with van der Waals surface area (Å²) < 4.78 is 29.0. The molecule has 1 aromatic heterocycles. The van der Waals surface area contributed by atoms with Gasteiger partial charge < -0.3 is 28.6 Å². The summed E-state index contributed by atoms with van der Waals surface area (Å²) in [7, 11) is 0. The van der Waals surface area contributed by atoms with Crippen LogP contribution in [0.4, 0.5) is 0 Å². The van der Waals surface area contributed by atoms with Crippen molar-refractivity contribution in [2.75, 3.05) is 19.7 Å². The Hall–Kier alpha value is -3.54. The highest BCUT2D eigenvalue weighted by molar-refractivity contribution is 5.93. The first-order valence-electron chi connectivity index (χ1n) is 11.6. The number of carbonyl (C=O) groups is 5. The van der Waals surface area contributed by atoms with E-state index in [1.165, 1.54) is 24.6 Å². The second-order valence-corrected chi connectivity index (χ2v) is 8.11. The third-order valence-electron chi connectivity index (χ3n) is 5.38. The lowest BCUT2D eigenvalue weighted by Gasteiger charge is -2.41. The number of esters is 4. The zero-order valence-corrected chi connectivity index (χ0v) is 21.3. The number of pyridine rings is 1. The first-order valence-corrected chi connectivity index (χ1v) is 11.6. The molecule has 5 atom stereocenters. The van der Waals surface area contributed by atoms with Crippen LogP contribution in [-0.4, -0.2) is 78.8 Å². The van der Waals surface area contributed by atoms with Crippen molar-refractivity contribution in [3.05, 3.63) is 30.1 Å². The van der Waals surface area contributed by atoms with Crippen molar-refractivity contribution < 1.29 is 52.2 Å². The zero-order valence-electron chi connectivity index (χ0n) is 21.3. The van der Waals surface area contributed by atoms with Gasteiger partial charge in [-0.05, 0) is 19.9 Å². The molecule has 0 spiro atoms. The largest absolute Gasteiger partial charge is 0.463 e. The molecule has 1 amide bonds. The number of hydrogen-bond donors (Lipinski definition) is 0. The standard InChI is InChI=1S/C24H33N2O10/c1-7-25(8-2)23(31)18-10-9-11-26(12-18)24-22(35-17(6)30)21(34-16(5)29)20(33-15(4)28)19(36-24)13-32-14(3)27/h9-12,19-22,24H,7-8,13H2,1-6H3/q+1/t19-,20+,21+,22+,24-/m0/s1. The van der Waals surface area contributed by atoms with Gasteiger partial charge in [0, 0.05) is 46.9 Å². The van der Waals surface area contributed by atoms with Gasteiger partial charge >= 0.3 is 30.1 Å². The van der Waals surface area contributed by atoms with Crippen LogP contribution in [-0.2, 0) is 42.9 Å². The molecule has 1 aliphatic heterocycles. The smallest absolute Gasteiger partial charge is 0.304 e. The molecular weight excluding hydrogens is 476 g/mol. The predicted octanol–water partition coefficient (Wildman–Crippen LogP) is 0.712. The highest BCUT2D eigenvalue weighted by Gasteiger charge is 2.56. The molecule has 2 rings (SSSR count). The molecule has 0 bridgehead atoms. The number of rotatable bonds is 9. The average molecular weight is 510 g/mol. The summed E-state index contributed by atoms with van der Waals surface area (Å²) in [5.41, 5.74) is 0.342. The highest BCUT2D eigenvalue weighted by atomic mass is 16.7. The van der Waals surface area contributed by atoms with Crippen LogP contribution >= 0.6 is 0 Å². The number of carbonyl (C=O) groups excluding carboxylic acids is 5. The maximum absolute atomic E-state index is 12.9. The van der Waals surface area contributed by atoms with Crippen LogP contribution in [0.25, 0.3) is 0 Å². The third-order valence-corrected chi connectivity index (χ3v) is 5.38. The summed E-state index contributed by atoms with van der Waals surface area (Å²) in [6, 6.07) is 3.24. The molecule has 1 aliphatic rings. The van der Waals surface area contributed by atoms with Gasteiger partial charge in [-0.3, -0.25) is 24.0 Å². The number of ether oxygens (including phenoxy) is 5. The van der Waals surface area contributed by atoms with E-state index >= 15 is 0 Å². The van der Waals surface area contributed by atoms with Crippen LogP contribution in [0, 0.1) is 0 Å². The molecule has 198 valence electrons. The summed E-state index contributed by atoms with van der Waals surface area (Å²) in [4.78, 5) is 61.9. The molecule has 36 heavy (non-hydrogen) atoms. The Morgan fingerprint density at radius 3 is 1.94 bits per heavy atom. The number of amides is 1. The van der Waals surface area contributed by atoms with Gasteiger partial charge in [0.15, 0.2) is 24.6 Å². The lowest BCUT2D eigenvalue weighted by molar-refractivity contribution is -0.777. The van der Waals surface area contributed by atoms with Crippen molar-refractivity contribution >= 4 is 29.8 Å². The number of nitrogens with zero attached hydrogens (tertiary/aromatic N) is 2. The van der Waals surface area contributed by atoms with Crippen molar-refractivity contribution in [3.63, 3.8) is 0 Å². The van der Waals surface area contributed by atoms with E-state index < -0.39 is 54.5 Å². The minimum atomic E-state index is -1.30. The summed E-state index contributed by atoms with van der Waals surface area (Å²) in [6.07, 6.45) is -2.95. The van der Waals surface area contributed by atoms with Gasteiger partial charge in [-0.25, -0.2) is 0 Å². The van der Waals surface area contributed by atoms with Crippen molar-refractivity contribution in [1.29, 1.82) is 0 Å². The second kappa shape index (κ2) is 13.0. The maximum Gasteiger partial charge on any atom is 0.304 e. The fourth-order valence-corrected chi connectivity index (χ4v) is 3.92. The normalized spacial score (nSPS) is 23.2. The van der Waals surface area contributed by atoms with E-state index in [4.69, 9.17) is 23.7 Å². The molecule has 1 fully saturated rings. The van der Waals surface area contributed by atoms with E-state index in [9.17, 15) is 24.0 Å². The molecule has 0 aromatic carbocycles. The summed E-state index contributed by atoms with van der Waals surface area (Å²) >= 11 is 0. The molecule has 0 unspecified atom stereocenters. The van der Waals surface area contributed by atoms with Crippen LogP contribution in [0.1, 0.15) is 58.1 Å². The summed E-state index contributed by atoms with van der Waals surface area (Å²) in [5.74, 6) is -2.98. The zero-order chi connectivity index (χ0) is 27.0. The minimum absolute atomic E-state index is 0.222. The molecule has 2 heterocycles. The minimum Gasteiger partial charge on any atom is -0.463 e. The quantitative estimate of drug-likeness (QED) is 0.266. The monoisotopic (exact) mass is 509 g/mol. The SMILES string of the molecule is CCN(CC)C(=O)c1ccc[n+]([C@H]2O[C@@H](COC(C)=O)[C@@H](OC(C)=O)[C@@H](OC(C)=O)[C@H]2OC(C)=O)c1. The second-order valence-electron chi connectivity index (χ2n) is 8.11. The first-order chi connectivity index (χ1) is 17.0.